The number of hydrogen-bond donors (Lipinski definition) is 2. The van der Waals surface area contributed by atoms with Gasteiger partial charge in [0.1, 0.15) is 18.2 Å². The van der Waals surface area contributed by atoms with Crippen molar-refractivity contribution >= 4 is 0 Å². The lowest BCUT2D eigenvalue weighted by molar-refractivity contribution is -0.135. The molecule has 1 unspecified atom stereocenters. The number of imidazole rings is 1. The number of nitrogens with one attached hydrogen (secondary N) is 1. The minimum Gasteiger partial charge on any atom is -0.486 e. The first-order valence-electron chi connectivity index (χ1n) is 8.23. The van der Waals surface area contributed by atoms with Crippen molar-refractivity contribution in [2.24, 2.45) is 12.5 Å². The predicted octanol–water partition coefficient (Wildman–Crippen LogP) is 1.66. The molecule has 2 heterocycles. The van der Waals surface area contributed by atoms with Crippen LogP contribution in [0.3, 0.4) is 0 Å². The van der Waals surface area contributed by atoms with Gasteiger partial charge in [-0.15, -0.1) is 0 Å². The largest absolute Gasteiger partial charge is 0.486 e. The van der Waals surface area contributed by atoms with Crippen molar-refractivity contribution < 1.29 is 14.6 Å². The molecule has 0 saturated carbocycles. The van der Waals surface area contributed by atoms with E-state index in [1.807, 2.05) is 29.9 Å². The van der Waals surface area contributed by atoms with Gasteiger partial charge in [-0.05, 0) is 24.6 Å². The van der Waals surface area contributed by atoms with E-state index < -0.39 is 0 Å². The van der Waals surface area contributed by atoms with Crippen LogP contribution in [-0.2, 0) is 18.4 Å². The fourth-order valence-corrected chi connectivity index (χ4v) is 2.66. The van der Waals surface area contributed by atoms with Crippen LogP contribution < -0.4 is 10.1 Å². The Balaban J connectivity index is 1.51. The lowest BCUT2D eigenvalue weighted by Gasteiger charge is -2.40. The quantitative estimate of drug-likeness (QED) is 0.770. The Morgan fingerprint density at radius 2 is 2.12 bits per heavy atom. The summed E-state index contributed by atoms with van der Waals surface area (Å²) >= 11 is 0. The SMILES string of the molecule is CC(NCC1(CO)COC1)c1ccc(OCc2nccn2C)cc1. The average molecular weight is 331 g/mol. The number of aliphatic hydroxyl groups is 1. The normalized spacial score (nSPS) is 17.3. The summed E-state index contributed by atoms with van der Waals surface area (Å²) in [6.45, 7) is 4.74. The topological polar surface area (TPSA) is 68.5 Å². The zero-order valence-electron chi connectivity index (χ0n) is 14.2. The average Bonchev–Trinajstić information content (AvgIpc) is 2.98. The molecule has 0 aliphatic carbocycles. The Morgan fingerprint density at radius 3 is 2.67 bits per heavy atom. The highest BCUT2D eigenvalue weighted by molar-refractivity contribution is 5.29. The first kappa shape index (κ1) is 17.0. The third-order valence-corrected chi connectivity index (χ3v) is 4.60. The summed E-state index contributed by atoms with van der Waals surface area (Å²) in [7, 11) is 1.95. The van der Waals surface area contributed by atoms with Crippen molar-refractivity contribution in [1.82, 2.24) is 14.9 Å². The van der Waals surface area contributed by atoms with E-state index in [1.54, 1.807) is 6.20 Å². The van der Waals surface area contributed by atoms with E-state index in [9.17, 15) is 5.11 Å². The van der Waals surface area contributed by atoms with Crippen LogP contribution >= 0.6 is 0 Å². The zero-order valence-corrected chi connectivity index (χ0v) is 14.2. The van der Waals surface area contributed by atoms with E-state index in [0.29, 0.717) is 19.8 Å². The van der Waals surface area contributed by atoms with E-state index in [0.717, 1.165) is 18.1 Å². The van der Waals surface area contributed by atoms with Crippen LogP contribution in [0.2, 0.25) is 0 Å². The van der Waals surface area contributed by atoms with Crippen LogP contribution in [0.25, 0.3) is 0 Å². The summed E-state index contributed by atoms with van der Waals surface area (Å²) in [5, 5.41) is 12.9. The smallest absolute Gasteiger partial charge is 0.146 e. The molecule has 0 amide bonds. The monoisotopic (exact) mass is 331 g/mol. The maximum atomic E-state index is 9.47. The number of benzene rings is 1. The molecule has 130 valence electrons. The van der Waals surface area contributed by atoms with E-state index in [1.165, 1.54) is 5.56 Å². The highest BCUT2D eigenvalue weighted by Crippen LogP contribution is 2.27. The van der Waals surface area contributed by atoms with E-state index >= 15 is 0 Å². The molecular weight excluding hydrogens is 306 g/mol. The predicted molar refractivity (Wildman–Crippen MR) is 90.7 cm³/mol. The van der Waals surface area contributed by atoms with E-state index in [4.69, 9.17) is 9.47 Å². The molecule has 1 fully saturated rings. The first-order valence-corrected chi connectivity index (χ1v) is 8.23. The Labute approximate surface area is 142 Å². The van der Waals surface area contributed by atoms with E-state index in [2.05, 4.69) is 29.4 Å². The van der Waals surface area contributed by atoms with Crippen LogP contribution in [-0.4, -0.2) is 41.0 Å². The van der Waals surface area contributed by atoms with Crippen LogP contribution in [0.15, 0.2) is 36.7 Å². The van der Waals surface area contributed by atoms with Crippen LogP contribution in [0.5, 0.6) is 5.75 Å². The lowest BCUT2D eigenvalue weighted by atomic mass is 9.86. The number of rotatable bonds is 8. The van der Waals surface area contributed by atoms with Crippen molar-refractivity contribution in [2.75, 3.05) is 26.4 Å². The first-order chi connectivity index (χ1) is 11.6. The van der Waals surface area contributed by atoms with Gasteiger partial charge >= 0.3 is 0 Å². The molecule has 6 nitrogen and oxygen atoms in total. The van der Waals surface area contributed by atoms with Crippen molar-refractivity contribution in [3.8, 4) is 5.75 Å². The molecule has 0 spiro atoms. The van der Waals surface area contributed by atoms with Crippen LogP contribution in [0, 0.1) is 5.41 Å². The Bertz CT molecular complexity index is 644. The standard InChI is InChI=1S/C18H25N3O3/c1-14(20-10-18(11-22)12-23-13-18)15-3-5-16(6-4-15)24-9-17-19-7-8-21(17)2/h3-8,14,20,22H,9-13H2,1-2H3. The second-order valence-corrected chi connectivity index (χ2v) is 6.57. The maximum absolute atomic E-state index is 9.47. The highest BCUT2D eigenvalue weighted by atomic mass is 16.5. The van der Waals surface area contributed by atoms with Gasteiger partial charge in [0.25, 0.3) is 0 Å². The molecule has 0 bridgehead atoms. The van der Waals surface area contributed by atoms with Gasteiger partial charge in [-0.2, -0.15) is 0 Å². The van der Waals surface area contributed by atoms with Crippen molar-refractivity contribution in [2.45, 2.75) is 19.6 Å². The third-order valence-electron chi connectivity index (χ3n) is 4.60. The summed E-state index contributed by atoms with van der Waals surface area (Å²) in [6, 6.07) is 8.29. The molecular formula is C18H25N3O3. The fraction of sp³-hybridized carbons (Fsp3) is 0.500. The molecule has 0 radical (unpaired) electrons. The molecule has 6 heteroatoms. The van der Waals surface area contributed by atoms with Gasteiger partial charge in [0.2, 0.25) is 0 Å². The molecule has 1 atom stereocenters. The van der Waals surface area contributed by atoms with Gasteiger partial charge in [0.15, 0.2) is 0 Å². The van der Waals surface area contributed by atoms with Crippen molar-refractivity contribution in [3.63, 3.8) is 0 Å². The van der Waals surface area contributed by atoms with Crippen LogP contribution in [0.4, 0.5) is 0 Å². The summed E-state index contributed by atoms with van der Waals surface area (Å²) < 4.78 is 12.9. The number of aryl methyl sites for hydroxylation is 1. The van der Waals surface area contributed by atoms with Gasteiger partial charge in [0, 0.05) is 32.0 Å². The van der Waals surface area contributed by atoms with E-state index in [-0.39, 0.29) is 18.1 Å². The zero-order chi connectivity index (χ0) is 17.0. The second-order valence-electron chi connectivity index (χ2n) is 6.57. The number of hydrogen-bond acceptors (Lipinski definition) is 5. The molecule has 1 aliphatic heterocycles. The second kappa shape index (κ2) is 7.34. The Kier molecular flexibility index (Phi) is 5.18. The Morgan fingerprint density at radius 1 is 1.38 bits per heavy atom. The molecule has 1 saturated heterocycles. The molecule has 1 aliphatic rings. The molecule has 1 aromatic carbocycles. The summed E-state index contributed by atoms with van der Waals surface area (Å²) in [6.07, 6.45) is 3.67. The van der Waals surface area contributed by atoms with Gasteiger partial charge in [-0.3, -0.25) is 0 Å². The molecule has 2 N–H and O–H groups in total. The van der Waals surface area contributed by atoms with Crippen molar-refractivity contribution in [1.29, 1.82) is 0 Å². The fourth-order valence-electron chi connectivity index (χ4n) is 2.66. The van der Waals surface area contributed by atoms with Gasteiger partial charge in [-0.25, -0.2) is 4.98 Å². The summed E-state index contributed by atoms with van der Waals surface area (Å²) in [5.41, 5.74) is 1.08. The third kappa shape index (κ3) is 3.77. The molecule has 24 heavy (non-hydrogen) atoms. The van der Waals surface area contributed by atoms with Gasteiger partial charge < -0.3 is 24.5 Å². The number of aliphatic hydroxyl groups excluding tert-OH is 1. The lowest BCUT2D eigenvalue weighted by Crippen LogP contribution is -2.52. The number of nitrogens with zero attached hydrogens (tertiary/aromatic N) is 2. The minimum absolute atomic E-state index is 0.112. The van der Waals surface area contributed by atoms with Crippen LogP contribution in [0.1, 0.15) is 24.4 Å². The van der Waals surface area contributed by atoms with Gasteiger partial charge in [-0.1, -0.05) is 12.1 Å². The summed E-state index contributed by atoms with van der Waals surface area (Å²) in [5.74, 6) is 1.72. The minimum atomic E-state index is -0.112. The van der Waals surface area contributed by atoms with Gasteiger partial charge in [0.05, 0.1) is 25.2 Å². The maximum Gasteiger partial charge on any atom is 0.146 e. The summed E-state index contributed by atoms with van der Waals surface area (Å²) in [4.78, 5) is 4.24. The highest BCUT2D eigenvalue weighted by Gasteiger charge is 2.37. The number of aromatic nitrogens is 2. The number of ether oxygens (including phenoxy) is 2. The molecule has 2 aromatic rings. The molecule has 3 rings (SSSR count). The van der Waals surface area contributed by atoms with Crippen molar-refractivity contribution in [3.05, 3.63) is 48.0 Å². The Hall–Kier alpha value is -1.89. The molecule has 1 aromatic heterocycles.